The van der Waals surface area contributed by atoms with Crippen LogP contribution in [0.2, 0.25) is 0 Å². The number of halogens is 3. The van der Waals surface area contributed by atoms with E-state index in [9.17, 15) is 13.2 Å². The molecule has 0 radical (unpaired) electrons. The average Bonchev–Trinajstić information content (AvgIpc) is 2.94. The molecule has 1 aromatic heterocycles. The van der Waals surface area contributed by atoms with Crippen molar-refractivity contribution in [3.05, 3.63) is 30.1 Å². The normalized spacial score (nSPS) is 23.6. The fraction of sp³-hybridized carbons (Fsp3) is 0.462. The smallest absolute Gasteiger partial charge is 0.379 e. The van der Waals surface area contributed by atoms with Gasteiger partial charge < -0.3 is 15.0 Å². The molecule has 1 saturated heterocycles. The predicted molar refractivity (Wildman–Crippen MR) is 67.1 cm³/mol. The quantitative estimate of drug-likeness (QED) is 0.920. The van der Waals surface area contributed by atoms with Crippen LogP contribution in [0.3, 0.4) is 0 Å². The number of hydrogen-bond acceptors (Lipinski definition) is 3. The van der Waals surface area contributed by atoms with Crippen molar-refractivity contribution in [1.29, 1.82) is 0 Å². The maximum atomic E-state index is 12.8. The Hall–Kier alpha value is -1.60. The number of fused-ring (bicyclic) bond motifs is 1. The summed E-state index contributed by atoms with van der Waals surface area (Å²) in [6, 6.07) is 6.74. The standard InChI is InChI=1S/C13H14F3N3O/c14-13(15,16)7-19-10-4-2-1-3-9(10)18-11(19)12(17)5-6-20-8-12/h1-4H,5-8,17H2. The average molecular weight is 285 g/mol. The van der Waals surface area contributed by atoms with Gasteiger partial charge in [0.15, 0.2) is 0 Å². The zero-order valence-corrected chi connectivity index (χ0v) is 10.7. The van der Waals surface area contributed by atoms with Crippen molar-refractivity contribution in [3.8, 4) is 0 Å². The van der Waals surface area contributed by atoms with Crippen molar-refractivity contribution in [1.82, 2.24) is 9.55 Å². The number of rotatable bonds is 2. The molecule has 1 atom stereocenters. The van der Waals surface area contributed by atoms with Gasteiger partial charge in [-0.2, -0.15) is 13.2 Å². The summed E-state index contributed by atoms with van der Waals surface area (Å²) in [5, 5.41) is 0. The minimum absolute atomic E-state index is 0.189. The number of benzene rings is 1. The summed E-state index contributed by atoms with van der Waals surface area (Å²) < 4.78 is 44.8. The van der Waals surface area contributed by atoms with Crippen molar-refractivity contribution in [2.24, 2.45) is 5.73 Å². The molecule has 1 aliphatic heterocycles. The Kier molecular flexibility index (Phi) is 2.98. The minimum atomic E-state index is -4.33. The second-order valence-corrected chi connectivity index (χ2v) is 5.08. The monoisotopic (exact) mass is 285 g/mol. The first-order valence-corrected chi connectivity index (χ1v) is 6.28. The van der Waals surface area contributed by atoms with Gasteiger partial charge in [0.25, 0.3) is 0 Å². The first kappa shape index (κ1) is 13.4. The van der Waals surface area contributed by atoms with Crippen LogP contribution in [0.4, 0.5) is 13.2 Å². The zero-order chi connectivity index (χ0) is 14.4. The van der Waals surface area contributed by atoms with Gasteiger partial charge in [0.05, 0.1) is 17.6 Å². The van der Waals surface area contributed by atoms with Crippen molar-refractivity contribution < 1.29 is 17.9 Å². The van der Waals surface area contributed by atoms with E-state index in [4.69, 9.17) is 10.5 Å². The zero-order valence-electron chi connectivity index (χ0n) is 10.7. The summed E-state index contributed by atoms with van der Waals surface area (Å²) in [7, 11) is 0. The highest BCUT2D eigenvalue weighted by Gasteiger charge is 2.40. The number of hydrogen-bond donors (Lipinski definition) is 1. The highest BCUT2D eigenvalue weighted by Crippen LogP contribution is 2.32. The summed E-state index contributed by atoms with van der Waals surface area (Å²) >= 11 is 0. The molecule has 1 aliphatic rings. The molecule has 2 aromatic rings. The molecule has 0 spiro atoms. The third-order valence-electron chi connectivity index (χ3n) is 3.49. The number of nitrogens with two attached hydrogens (primary N) is 1. The molecule has 0 aliphatic carbocycles. The van der Waals surface area contributed by atoms with Gasteiger partial charge in [0.1, 0.15) is 17.9 Å². The maximum absolute atomic E-state index is 12.8. The Morgan fingerprint density at radius 1 is 1.35 bits per heavy atom. The van der Waals surface area contributed by atoms with Gasteiger partial charge >= 0.3 is 6.18 Å². The van der Waals surface area contributed by atoms with Gasteiger partial charge in [0.2, 0.25) is 0 Å². The lowest BCUT2D eigenvalue weighted by molar-refractivity contribution is -0.140. The van der Waals surface area contributed by atoms with Crippen LogP contribution in [0.1, 0.15) is 12.2 Å². The Labute approximate surface area is 113 Å². The number of imidazole rings is 1. The Morgan fingerprint density at radius 2 is 2.10 bits per heavy atom. The van der Waals surface area contributed by atoms with E-state index in [1.807, 2.05) is 0 Å². The molecule has 20 heavy (non-hydrogen) atoms. The van der Waals surface area contributed by atoms with Gasteiger partial charge in [-0.25, -0.2) is 4.98 Å². The van der Waals surface area contributed by atoms with E-state index < -0.39 is 18.3 Å². The third-order valence-corrected chi connectivity index (χ3v) is 3.49. The molecule has 3 rings (SSSR count). The summed E-state index contributed by atoms with van der Waals surface area (Å²) in [5.41, 5.74) is 6.19. The molecule has 2 heterocycles. The van der Waals surface area contributed by atoms with Gasteiger partial charge in [-0.15, -0.1) is 0 Å². The second kappa shape index (κ2) is 4.46. The fourth-order valence-electron chi connectivity index (χ4n) is 2.55. The van der Waals surface area contributed by atoms with Crippen molar-refractivity contribution in [2.75, 3.05) is 13.2 Å². The van der Waals surface area contributed by atoms with Crippen LogP contribution in [-0.2, 0) is 16.8 Å². The molecular weight excluding hydrogens is 271 g/mol. The van der Waals surface area contributed by atoms with E-state index >= 15 is 0 Å². The molecule has 1 unspecified atom stereocenters. The van der Waals surface area contributed by atoms with Crippen LogP contribution >= 0.6 is 0 Å². The lowest BCUT2D eigenvalue weighted by Crippen LogP contribution is -2.41. The number of aromatic nitrogens is 2. The largest absolute Gasteiger partial charge is 0.406 e. The molecule has 4 nitrogen and oxygen atoms in total. The lowest BCUT2D eigenvalue weighted by Gasteiger charge is -2.23. The van der Waals surface area contributed by atoms with Gasteiger partial charge in [-0.3, -0.25) is 0 Å². The molecule has 0 saturated carbocycles. The minimum Gasteiger partial charge on any atom is -0.379 e. The van der Waals surface area contributed by atoms with Crippen LogP contribution in [0, 0.1) is 0 Å². The topological polar surface area (TPSA) is 53.1 Å². The summed E-state index contributed by atoms with van der Waals surface area (Å²) in [6.07, 6.45) is -3.86. The van der Waals surface area contributed by atoms with Crippen molar-refractivity contribution in [3.63, 3.8) is 0 Å². The van der Waals surface area contributed by atoms with Crippen molar-refractivity contribution in [2.45, 2.75) is 24.7 Å². The fourth-order valence-corrected chi connectivity index (χ4v) is 2.55. The predicted octanol–water partition coefficient (Wildman–Crippen LogP) is 2.17. The highest BCUT2D eigenvalue weighted by molar-refractivity contribution is 5.76. The van der Waals surface area contributed by atoms with E-state index in [0.29, 0.717) is 24.1 Å². The second-order valence-electron chi connectivity index (χ2n) is 5.08. The molecule has 1 aromatic carbocycles. The summed E-state index contributed by atoms with van der Waals surface area (Å²) in [6.45, 7) is -0.471. The Morgan fingerprint density at radius 3 is 2.75 bits per heavy atom. The first-order chi connectivity index (χ1) is 9.39. The number of para-hydroxylation sites is 2. The number of ether oxygens (including phenoxy) is 1. The molecular formula is C13H14F3N3O. The molecule has 108 valence electrons. The van der Waals surface area contributed by atoms with Gasteiger partial charge in [-0.1, -0.05) is 12.1 Å². The summed E-state index contributed by atoms with van der Waals surface area (Å²) in [5.74, 6) is 0.244. The van der Waals surface area contributed by atoms with Crippen LogP contribution in [0.15, 0.2) is 24.3 Å². The molecule has 0 bridgehead atoms. The van der Waals surface area contributed by atoms with Crippen LogP contribution in [0.25, 0.3) is 11.0 Å². The van der Waals surface area contributed by atoms with E-state index in [2.05, 4.69) is 4.98 Å². The van der Waals surface area contributed by atoms with E-state index in [0.717, 1.165) is 4.57 Å². The van der Waals surface area contributed by atoms with Crippen molar-refractivity contribution >= 4 is 11.0 Å². The maximum Gasteiger partial charge on any atom is 0.406 e. The van der Waals surface area contributed by atoms with Gasteiger partial charge in [-0.05, 0) is 18.6 Å². The molecule has 0 amide bonds. The Balaban J connectivity index is 2.17. The van der Waals surface area contributed by atoms with Crippen LogP contribution in [-0.4, -0.2) is 28.9 Å². The summed E-state index contributed by atoms with van der Waals surface area (Å²) in [4.78, 5) is 4.31. The van der Waals surface area contributed by atoms with E-state index in [-0.39, 0.29) is 12.4 Å². The SMILES string of the molecule is NC1(c2nc3ccccc3n2CC(F)(F)F)CCOC1. The molecule has 1 fully saturated rings. The highest BCUT2D eigenvalue weighted by atomic mass is 19.4. The molecule has 7 heteroatoms. The molecule has 2 N–H and O–H groups in total. The number of nitrogens with zero attached hydrogens (tertiary/aromatic N) is 2. The van der Waals surface area contributed by atoms with Crippen LogP contribution < -0.4 is 5.73 Å². The number of alkyl halides is 3. The van der Waals surface area contributed by atoms with E-state index in [1.165, 1.54) is 0 Å². The lowest BCUT2D eigenvalue weighted by atomic mass is 9.99. The van der Waals surface area contributed by atoms with Gasteiger partial charge in [0, 0.05) is 6.61 Å². The van der Waals surface area contributed by atoms with E-state index in [1.54, 1.807) is 24.3 Å². The Bertz CT molecular complexity index is 629. The third kappa shape index (κ3) is 2.27. The first-order valence-electron chi connectivity index (χ1n) is 6.28. The van der Waals surface area contributed by atoms with Crippen LogP contribution in [0.5, 0.6) is 0 Å².